The molecule has 0 aliphatic carbocycles. The molecule has 1 heteroatoms. The highest BCUT2D eigenvalue weighted by Gasteiger charge is 2.19. The Bertz CT molecular complexity index is 2940. The van der Waals surface area contributed by atoms with Crippen molar-refractivity contribution in [3.63, 3.8) is 0 Å². The normalized spacial score (nSPS) is 11.3. The third-order valence-corrected chi connectivity index (χ3v) is 10.9. The summed E-state index contributed by atoms with van der Waals surface area (Å²) in [5.74, 6) is 0. The van der Waals surface area contributed by atoms with Gasteiger partial charge in [-0.15, -0.1) is 0 Å². The topological polar surface area (TPSA) is 3.24 Å². The van der Waals surface area contributed by atoms with Gasteiger partial charge in [-0.1, -0.05) is 194 Å². The lowest BCUT2D eigenvalue weighted by atomic mass is 9.91. The Hall–Kier alpha value is -7.22. The Morgan fingerprint density at radius 2 is 0.673 bits per heavy atom. The van der Waals surface area contributed by atoms with Crippen LogP contribution in [0.15, 0.2) is 224 Å². The lowest BCUT2D eigenvalue weighted by Gasteiger charge is -2.28. The maximum Gasteiger partial charge on any atom is 0.0540 e. The second-order valence-electron chi connectivity index (χ2n) is 14.1. The Balaban J connectivity index is 1.13. The van der Waals surface area contributed by atoms with Gasteiger partial charge in [0.15, 0.2) is 0 Å². The highest BCUT2D eigenvalue weighted by molar-refractivity contribution is 6.11. The highest BCUT2D eigenvalue weighted by Crippen LogP contribution is 2.44. The standard InChI is InChI=1S/C54H37N/c1-3-14-38(15-4-1)39-28-32-44(33-29-39)55(53-37-36-51(50-23-9-10-24-52(50)53)49-27-11-19-40-18-7-8-22-46(40)49)45-34-30-42(31-35-45)48-26-13-21-43-20-12-25-47(54(43)48)41-16-5-2-6-17-41/h1-37H. The average molecular weight is 700 g/mol. The Kier molecular flexibility index (Phi) is 8.24. The zero-order valence-corrected chi connectivity index (χ0v) is 30.3. The second-order valence-corrected chi connectivity index (χ2v) is 14.1. The van der Waals surface area contributed by atoms with E-state index in [0.29, 0.717) is 0 Å². The lowest BCUT2D eigenvalue weighted by molar-refractivity contribution is 1.30. The fourth-order valence-electron chi connectivity index (χ4n) is 8.26. The van der Waals surface area contributed by atoms with Crippen LogP contribution in [0.4, 0.5) is 17.1 Å². The van der Waals surface area contributed by atoms with E-state index in [1.165, 1.54) is 76.8 Å². The van der Waals surface area contributed by atoms with Gasteiger partial charge in [0.2, 0.25) is 0 Å². The van der Waals surface area contributed by atoms with E-state index in [1.54, 1.807) is 0 Å². The van der Waals surface area contributed by atoms with E-state index in [9.17, 15) is 0 Å². The highest BCUT2D eigenvalue weighted by atomic mass is 15.1. The fourth-order valence-corrected chi connectivity index (χ4v) is 8.26. The van der Waals surface area contributed by atoms with Crippen molar-refractivity contribution >= 4 is 49.4 Å². The fraction of sp³-hybridized carbons (Fsp3) is 0. The molecule has 0 saturated carbocycles. The van der Waals surface area contributed by atoms with E-state index >= 15 is 0 Å². The predicted octanol–water partition coefficient (Wildman–Crippen LogP) is 15.3. The van der Waals surface area contributed by atoms with Gasteiger partial charge in [0.1, 0.15) is 0 Å². The molecule has 0 aliphatic heterocycles. The zero-order chi connectivity index (χ0) is 36.6. The van der Waals surface area contributed by atoms with E-state index < -0.39 is 0 Å². The molecule has 0 bridgehead atoms. The molecule has 0 radical (unpaired) electrons. The lowest BCUT2D eigenvalue weighted by Crippen LogP contribution is -2.10. The molecule has 0 atom stereocenters. The molecule has 0 amide bonds. The van der Waals surface area contributed by atoms with Gasteiger partial charge >= 0.3 is 0 Å². The second kappa shape index (κ2) is 14.0. The maximum atomic E-state index is 2.41. The van der Waals surface area contributed by atoms with Crippen LogP contribution in [0, 0.1) is 0 Å². The minimum Gasteiger partial charge on any atom is -0.310 e. The van der Waals surface area contributed by atoms with E-state index in [1.807, 2.05) is 0 Å². The summed E-state index contributed by atoms with van der Waals surface area (Å²) in [6.07, 6.45) is 0. The Labute approximate surface area is 322 Å². The van der Waals surface area contributed by atoms with Gasteiger partial charge in [0, 0.05) is 16.8 Å². The van der Waals surface area contributed by atoms with Crippen molar-refractivity contribution in [2.45, 2.75) is 0 Å². The van der Waals surface area contributed by atoms with Gasteiger partial charge in [-0.05, 0) is 102 Å². The number of hydrogen-bond acceptors (Lipinski definition) is 1. The Morgan fingerprint density at radius 1 is 0.236 bits per heavy atom. The molecule has 0 saturated heterocycles. The molecule has 0 heterocycles. The molecular weight excluding hydrogens is 663 g/mol. The quantitative estimate of drug-likeness (QED) is 0.160. The third-order valence-electron chi connectivity index (χ3n) is 10.9. The summed E-state index contributed by atoms with van der Waals surface area (Å²) in [6.45, 7) is 0. The van der Waals surface area contributed by atoms with Crippen LogP contribution in [-0.4, -0.2) is 0 Å². The molecule has 0 fully saturated rings. The van der Waals surface area contributed by atoms with Crippen molar-refractivity contribution < 1.29 is 0 Å². The zero-order valence-electron chi connectivity index (χ0n) is 30.3. The molecular formula is C54H37N. The number of benzene rings is 10. The van der Waals surface area contributed by atoms with Gasteiger partial charge in [-0.3, -0.25) is 0 Å². The molecule has 0 aromatic heterocycles. The monoisotopic (exact) mass is 699 g/mol. The van der Waals surface area contributed by atoms with Gasteiger partial charge in [0.25, 0.3) is 0 Å². The van der Waals surface area contributed by atoms with Crippen molar-refractivity contribution in [3.05, 3.63) is 224 Å². The van der Waals surface area contributed by atoms with Gasteiger partial charge in [-0.2, -0.15) is 0 Å². The minimum absolute atomic E-state index is 1.10. The van der Waals surface area contributed by atoms with Crippen molar-refractivity contribution in [2.75, 3.05) is 4.90 Å². The smallest absolute Gasteiger partial charge is 0.0540 e. The molecule has 0 aliphatic rings. The summed E-state index contributed by atoms with van der Waals surface area (Å²) in [7, 11) is 0. The maximum absolute atomic E-state index is 2.41. The van der Waals surface area contributed by atoms with E-state index in [-0.39, 0.29) is 0 Å². The van der Waals surface area contributed by atoms with Crippen molar-refractivity contribution in [1.29, 1.82) is 0 Å². The van der Waals surface area contributed by atoms with Gasteiger partial charge in [-0.25, -0.2) is 0 Å². The summed E-state index contributed by atoms with van der Waals surface area (Å²) in [5.41, 5.74) is 13.1. The minimum atomic E-state index is 1.10. The number of fused-ring (bicyclic) bond motifs is 3. The first kappa shape index (κ1) is 32.4. The summed E-state index contributed by atoms with van der Waals surface area (Å²) < 4.78 is 0. The molecule has 0 spiro atoms. The van der Waals surface area contributed by atoms with Crippen molar-refractivity contribution in [1.82, 2.24) is 0 Å². The number of nitrogens with zero attached hydrogens (tertiary/aromatic N) is 1. The average Bonchev–Trinajstić information content (AvgIpc) is 3.27. The number of anilines is 3. The molecule has 1 nitrogen and oxygen atoms in total. The molecule has 10 aromatic carbocycles. The molecule has 10 rings (SSSR count). The van der Waals surface area contributed by atoms with Crippen LogP contribution in [0.25, 0.3) is 76.8 Å². The first-order valence-corrected chi connectivity index (χ1v) is 18.9. The molecule has 258 valence electrons. The molecule has 10 aromatic rings. The van der Waals surface area contributed by atoms with Crippen LogP contribution in [-0.2, 0) is 0 Å². The summed E-state index contributed by atoms with van der Waals surface area (Å²) in [5, 5.41) is 7.44. The summed E-state index contributed by atoms with van der Waals surface area (Å²) in [6, 6.07) is 81.4. The van der Waals surface area contributed by atoms with Crippen LogP contribution in [0.1, 0.15) is 0 Å². The van der Waals surface area contributed by atoms with E-state index in [0.717, 1.165) is 17.1 Å². The van der Waals surface area contributed by atoms with Gasteiger partial charge < -0.3 is 4.90 Å². The van der Waals surface area contributed by atoms with E-state index in [2.05, 4.69) is 229 Å². The van der Waals surface area contributed by atoms with Crippen molar-refractivity contribution in [2.24, 2.45) is 0 Å². The summed E-state index contributed by atoms with van der Waals surface area (Å²) >= 11 is 0. The molecule has 55 heavy (non-hydrogen) atoms. The predicted molar refractivity (Wildman–Crippen MR) is 235 cm³/mol. The third kappa shape index (κ3) is 5.93. The SMILES string of the molecule is c1ccc(-c2ccc(N(c3ccc(-c4cccc5cccc(-c6ccccc6)c45)cc3)c3ccc(-c4cccc5ccccc45)c4ccccc34)cc2)cc1. The molecule has 0 unspecified atom stereocenters. The first-order chi connectivity index (χ1) is 27.3. The van der Waals surface area contributed by atoms with Crippen LogP contribution in [0.5, 0.6) is 0 Å². The van der Waals surface area contributed by atoms with Crippen LogP contribution < -0.4 is 4.90 Å². The summed E-state index contributed by atoms with van der Waals surface area (Å²) in [4.78, 5) is 2.41. The number of rotatable bonds is 7. The number of hydrogen-bond donors (Lipinski definition) is 0. The van der Waals surface area contributed by atoms with Crippen LogP contribution in [0.2, 0.25) is 0 Å². The largest absolute Gasteiger partial charge is 0.310 e. The van der Waals surface area contributed by atoms with Crippen molar-refractivity contribution in [3.8, 4) is 44.5 Å². The first-order valence-electron chi connectivity index (χ1n) is 18.9. The van der Waals surface area contributed by atoms with E-state index in [4.69, 9.17) is 0 Å². The molecule has 0 N–H and O–H groups in total. The Morgan fingerprint density at radius 3 is 1.33 bits per heavy atom. The van der Waals surface area contributed by atoms with Gasteiger partial charge in [0.05, 0.1) is 5.69 Å². The van der Waals surface area contributed by atoms with Crippen LogP contribution in [0.3, 0.4) is 0 Å². The van der Waals surface area contributed by atoms with Crippen LogP contribution >= 0.6 is 0 Å².